The van der Waals surface area contributed by atoms with E-state index in [2.05, 4.69) is 89.3 Å². The number of hydrogen-bond donors (Lipinski definition) is 0. The predicted octanol–water partition coefficient (Wildman–Crippen LogP) is 11.8. The molecule has 6 heterocycles. The highest BCUT2D eigenvalue weighted by Gasteiger charge is 2.25. The summed E-state index contributed by atoms with van der Waals surface area (Å²) in [4.78, 5) is 8.90. The van der Waals surface area contributed by atoms with Crippen LogP contribution in [0.1, 0.15) is 36.2 Å². The van der Waals surface area contributed by atoms with Crippen LogP contribution in [0.2, 0.25) is 0 Å². The average molecular weight is 751 g/mol. The Labute approximate surface area is 340 Å². The second-order valence-corrected chi connectivity index (χ2v) is 14.6. The number of benzene rings is 4. The molecule has 0 aliphatic heterocycles. The van der Waals surface area contributed by atoms with E-state index in [1.165, 1.54) is 16.7 Å². The maximum Gasteiger partial charge on any atom is 0.227 e. The molecule has 6 aromatic heterocycles. The summed E-state index contributed by atoms with van der Waals surface area (Å²) < 4.78 is 65.1. The van der Waals surface area contributed by atoms with Crippen LogP contribution in [0.25, 0.3) is 88.9 Å². The van der Waals surface area contributed by atoms with Crippen molar-refractivity contribution in [1.82, 2.24) is 9.97 Å². The third kappa shape index (κ3) is 6.33. The zero-order valence-electron chi connectivity index (χ0n) is 38.4. The van der Waals surface area contributed by atoms with Crippen molar-refractivity contribution in [1.29, 1.82) is 0 Å². The molecular weight excluding hydrogens is 701 g/mol. The molecule has 0 spiro atoms. The van der Waals surface area contributed by atoms with E-state index in [4.69, 9.17) is 17.1 Å². The van der Waals surface area contributed by atoms with Gasteiger partial charge in [0, 0.05) is 65.4 Å². The van der Waals surface area contributed by atoms with Crippen molar-refractivity contribution in [3.8, 4) is 44.8 Å². The molecular formula is C51H44N4O2+2. The molecule has 6 nitrogen and oxygen atoms in total. The topological polar surface area (TPSA) is 59.8 Å². The first-order valence-corrected chi connectivity index (χ1v) is 18.8. The molecule has 0 atom stereocenters. The number of aryl methyl sites for hydroxylation is 7. The van der Waals surface area contributed by atoms with Crippen molar-refractivity contribution < 1.29 is 26.2 Å². The number of rotatable bonds is 4. The van der Waals surface area contributed by atoms with Crippen LogP contribution in [0, 0.1) is 34.5 Å². The molecule has 10 aromatic rings. The number of furan rings is 2. The van der Waals surface area contributed by atoms with Gasteiger partial charge in [0.1, 0.15) is 14.1 Å². The van der Waals surface area contributed by atoms with Gasteiger partial charge in [-0.3, -0.25) is 0 Å². The van der Waals surface area contributed by atoms with Crippen LogP contribution in [0.5, 0.6) is 0 Å². The monoisotopic (exact) mass is 750 g/mol. The number of aromatic nitrogens is 4. The average Bonchev–Trinajstić information content (AvgIpc) is 3.82. The SMILES string of the molecule is Cc1ccc2c(n1)oc1c(-c3cc(-c4ccccc4)cc[n+]3C)c(C)ccc12.[2H]C([2H])([2H])c1c[n+](C)c(-c2c(C)cc(C([2H])([2H])[2H])c3c2oc2ncccc23)cc1-c1ccccc1. The lowest BCUT2D eigenvalue weighted by Gasteiger charge is -2.11. The minimum Gasteiger partial charge on any atom is -0.437 e. The van der Waals surface area contributed by atoms with Gasteiger partial charge >= 0.3 is 0 Å². The molecule has 0 aliphatic rings. The third-order valence-electron chi connectivity index (χ3n) is 10.7. The normalized spacial score (nSPS) is 13.4. The summed E-state index contributed by atoms with van der Waals surface area (Å²) in [7, 11) is 3.86. The van der Waals surface area contributed by atoms with Crippen molar-refractivity contribution in [3.63, 3.8) is 0 Å². The quantitative estimate of drug-likeness (QED) is 0.168. The largest absolute Gasteiger partial charge is 0.437 e. The summed E-state index contributed by atoms with van der Waals surface area (Å²) in [6.07, 6.45) is 5.33. The minimum atomic E-state index is -2.35. The van der Waals surface area contributed by atoms with Crippen molar-refractivity contribution in [2.45, 2.75) is 34.5 Å². The molecule has 6 heteroatoms. The molecule has 0 aliphatic carbocycles. The van der Waals surface area contributed by atoms with E-state index in [0.717, 1.165) is 38.9 Å². The lowest BCUT2D eigenvalue weighted by Crippen LogP contribution is -2.31. The Balaban J connectivity index is 0.000000164. The summed E-state index contributed by atoms with van der Waals surface area (Å²) >= 11 is 0. The van der Waals surface area contributed by atoms with Crippen LogP contribution in [-0.4, -0.2) is 9.97 Å². The first-order chi connectivity index (χ1) is 30.1. The van der Waals surface area contributed by atoms with Gasteiger partial charge in [0.05, 0.1) is 11.1 Å². The fourth-order valence-corrected chi connectivity index (χ4v) is 7.85. The Hall–Kier alpha value is -6.92. The van der Waals surface area contributed by atoms with Gasteiger partial charge in [-0.2, -0.15) is 0 Å². The second-order valence-electron chi connectivity index (χ2n) is 14.6. The van der Waals surface area contributed by atoms with Crippen LogP contribution < -0.4 is 9.13 Å². The first-order valence-electron chi connectivity index (χ1n) is 21.8. The van der Waals surface area contributed by atoms with Gasteiger partial charge in [-0.15, -0.1) is 0 Å². The number of fused-ring (bicyclic) bond motifs is 6. The van der Waals surface area contributed by atoms with Crippen molar-refractivity contribution in [2.24, 2.45) is 14.1 Å². The van der Waals surface area contributed by atoms with Gasteiger partial charge in [-0.25, -0.2) is 19.1 Å². The summed E-state index contributed by atoms with van der Waals surface area (Å²) in [6, 6.07) is 39.7. The number of pyridine rings is 4. The van der Waals surface area contributed by atoms with Crippen molar-refractivity contribution >= 4 is 44.1 Å². The van der Waals surface area contributed by atoms with Crippen LogP contribution in [0.3, 0.4) is 0 Å². The molecule has 0 amide bonds. The maximum atomic E-state index is 8.13. The summed E-state index contributed by atoms with van der Waals surface area (Å²) in [5, 5.41) is 3.28. The van der Waals surface area contributed by atoms with Crippen LogP contribution >= 0.6 is 0 Å². The number of hydrogen-bond acceptors (Lipinski definition) is 4. The molecule has 0 saturated carbocycles. The molecule has 0 saturated heterocycles. The van der Waals surface area contributed by atoms with Gasteiger partial charge in [0.2, 0.25) is 22.8 Å². The Morgan fingerprint density at radius 1 is 0.544 bits per heavy atom. The van der Waals surface area contributed by atoms with E-state index in [1.54, 1.807) is 42.2 Å². The lowest BCUT2D eigenvalue weighted by atomic mass is 9.94. The van der Waals surface area contributed by atoms with E-state index < -0.39 is 13.7 Å². The van der Waals surface area contributed by atoms with Crippen molar-refractivity contribution in [3.05, 3.63) is 168 Å². The lowest BCUT2D eigenvalue weighted by molar-refractivity contribution is -0.660. The Kier molecular flexibility index (Phi) is 7.37. The minimum absolute atomic E-state index is 0.200. The van der Waals surface area contributed by atoms with E-state index in [0.29, 0.717) is 50.2 Å². The predicted molar refractivity (Wildman–Crippen MR) is 231 cm³/mol. The fourth-order valence-electron chi connectivity index (χ4n) is 7.85. The van der Waals surface area contributed by atoms with Gasteiger partial charge in [0.25, 0.3) is 0 Å². The highest BCUT2D eigenvalue weighted by Crippen LogP contribution is 2.40. The molecule has 57 heavy (non-hydrogen) atoms. The zero-order valence-corrected chi connectivity index (χ0v) is 32.4. The van der Waals surface area contributed by atoms with E-state index in [9.17, 15) is 0 Å². The van der Waals surface area contributed by atoms with Crippen molar-refractivity contribution in [2.75, 3.05) is 0 Å². The summed E-state index contributed by atoms with van der Waals surface area (Å²) in [5.74, 6) is 0. The highest BCUT2D eigenvalue weighted by molar-refractivity contribution is 6.11. The third-order valence-corrected chi connectivity index (χ3v) is 10.7. The summed E-state index contributed by atoms with van der Waals surface area (Å²) in [5.41, 5.74) is 13.0. The van der Waals surface area contributed by atoms with Gasteiger partial charge in [-0.1, -0.05) is 78.9 Å². The first kappa shape index (κ1) is 29.4. The molecule has 10 rings (SSSR count). The van der Waals surface area contributed by atoms with Gasteiger partial charge in [-0.05, 0) is 97.7 Å². The maximum absolute atomic E-state index is 8.13. The standard InChI is InChI=1S/C26H23N2O.C25H21N2O/c1-16-13-17(2)24(25-23(16)20-11-8-12-27-26(20)29-25)22-14-21(18(3)15-28(22)4)19-9-6-5-7-10-19;1-16-9-11-20-21-12-10-17(2)26-25(21)28-24(20)23(16)22-15-19(13-14-27(22)3)18-7-5-4-6-8-18/h5-15H,1-4H3;4-15H,1-3H3/q2*+1/i1D3,3D3;. The molecule has 0 N–H and O–H groups in total. The Bertz CT molecular complexity index is 3370. The van der Waals surface area contributed by atoms with Crippen LogP contribution in [0.4, 0.5) is 0 Å². The summed E-state index contributed by atoms with van der Waals surface area (Å²) in [6.45, 7) is 1.29. The Morgan fingerprint density at radius 3 is 2.02 bits per heavy atom. The van der Waals surface area contributed by atoms with E-state index in [1.807, 2.05) is 62.4 Å². The molecule has 0 radical (unpaired) electrons. The highest BCUT2D eigenvalue weighted by atomic mass is 16.3. The Morgan fingerprint density at radius 2 is 1.25 bits per heavy atom. The van der Waals surface area contributed by atoms with E-state index >= 15 is 0 Å². The molecule has 278 valence electrons. The molecule has 4 aromatic carbocycles. The fraction of sp³-hybridized carbons (Fsp3) is 0.137. The molecule has 0 bridgehead atoms. The zero-order chi connectivity index (χ0) is 44.4. The molecule has 0 fully saturated rings. The van der Waals surface area contributed by atoms with Gasteiger partial charge in [0.15, 0.2) is 23.6 Å². The molecule has 0 unspecified atom stereocenters. The van der Waals surface area contributed by atoms with E-state index in [-0.39, 0.29) is 11.1 Å². The van der Waals surface area contributed by atoms with Gasteiger partial charge < -0.3 is 8.83 Å². The van der Waals surface area contributed by atoms with Crippen LogP contribution in [-0.2, 0) is 14.1 Å². The smallest absolute Gasteiger partial charge is 0.227 e. The second kappa shape index (κ2) is 14.3. The van der Waals surface area contributed by atoms with Crippen LogP contribution in [0.15, 0.2) is 149 Å². The number of nitrogens with zero attached hydrogens (tertiary/aromatic N) is 4.